The summed E-state index contributed by atoms with van der Waals surface area (Å²) in [7, 11) is 0. The first-order valence-corrected chi connectivity index (χ1v) is 9.23. The van der Waals surface area contributed by atoms with E-state index in [9.17, 15) is 9.90 Å². The van der Waals surface area contributed by atoms with Crippen LogP contribution in [0, 0.1) is 11.3 Å². The molecule has 0 aromatic carbocycles. The zero-order valence-corrected chi connectivity index (χ0v) is 15.8. The van der Waals surface area contributed by atoms with Crippen molar-refractivity contribution >= 4 is 37.6 Å². The topological polar surface area (TPSA) is 46.5 Å². The van der Waals surface area contributed by atoms with Gasteiger partial charge in [-0.1, -0.05) is 45.7 Å². The Labute approximate surface area is 138 Å². The summed E-state index contributed by atoms with van der Waals surface area (Å²) in [6.07, 6.45) is 2.34. The minimum absolute atomic E-state index is 0.0925. The highest BCUT2D eigenvalue weighted by atomic mass is 79.9. The molecule has 0 radical (unpaired) electrons. The van der Waals surface area contributed by atoms with Crippen molar-refractivity contribution in [1.29, 1.82) is 0 Å². The third kappa shape index (κ3) is 2.53. The molecule has 0 bridgehead atoms. The predicted octanol–water partition coefficient (Wildman–Crippen LogP) is 3.45. The minimum atomic E-state index is -1.41. The Kier molecular flexibility index (Phi) is 4.50. The number of hydrogen-bond donors (Lipinski definition) is 1. The molecule has 1 aliphatic carbocycles. The van der Waals surface area contributed by atoms with E-state index in [1.807, 2.05) is 0 Å². The number of rotatable bonds is 3. The number of hydrogen-bond acceptors (Lipinski definition) is 3. The van der Waals surface area contributed by atoms with Crippen LogP contribution in [0.3, 0.4) is 0 Å². The van der Waals surface area contributed by atoms with E-state index in [0.717, 1.165) is 19.3 Å². The van der Waals surface area contributed by atoms with Gasteiger partial charge in [-0.3, -0.25) is 4.79 Å². The number of ether oxygens (including phenoxy) is 1. The lowest BCUT2D eigenvalue weighted by Crippen LogP contribution is -2.50. The molecule has 0 aromatic heterocycles. The third-order valence-corrected chi connectivity index (χ3v) is 7.66. The molecule has 3 nitrogen and oxygen atoms in total. The molecular weight excluding hydrogens is 388 g/mol. The largest absolute Gasteiger partial charge is 0.380 e. The van der Waals surface area contributed by atoms with Crippen molar-refractivity contribution in [1.82, 2.24) is 0 Å². The van der Waals surface area contributed by atoms with E-state index in [4.69, 9.17) is 4.74 Å². The third-order valence-electron chi connectivity index (χ3n) is 5.51. The zero-order valence-electron chi connectivity index (χ0n) is 12.6. The number of carbonyl (C=O) groups is 1. The van der Waals surface area contributed by atoms with Crippen LogP contribution in [0.1, 0.15) is 47.0 Å². The van der Waals surface area contributed by atoms with Crippen LogP contribution in [0.2, 0.25) is 0 Å². The number of Topliss-reactive ketones (excluding diaryl/α,β-unsaturated/α-hetero) is 1. The molecule has 2 fully saturated rings. The van der Waals surface area contributed by atoms with E-state index < -0.39 is 11.7 Å². The molecular formula is C15H24Br2O3. The zero-order chi connectivity index (χ0) is 15.3. The molecule has 2 rings (SSSR count). The number of halogens is 2. The van der Waals surface area contributed by atoms with Gasteiger partial charge in [-0.2, -0.15) is 0 Å². The molecule has 0 unspecified atom stereocenters. The highest BCUT2D eigenvalue weighted by Crippen LogP contribution is 2.57. The molecule has 1 saturated heterocycles. The van der Waals surface area contributed by atoms with Gasteiger partial charge in [-0.25, -0.2) is 0 Å². The standard InChI is InChI=1S/C15H24Br2O3/c1-13(2)9-7-12(15(4,19)11(18)8-16)20-14(9,3)6-5-10(13)17/h9-10,12,19H,5-8H2,1-4H3/t9-,10-,12+,14-,15+/m0/s1. The van der Waals surface area contributed by atoms with Crippen molar-refractivity contribution < 1.29 is 14.6 Å². The first-order chi connectivity index (χ1) is 9.05. The number of ketones is 1. The summed E-state index contributed by atoms with van der Waals surface area (Å²) in [5, 5.41) is 10.7. The molecule has 0 spiro atoms. The summed E-state index contributed by atoms with van der Waals surface area (Å²) in [6, 6.07) is 0. The van der Waals surface area contributed by atoms with Gasteiger partial charge in [0.25, 0.3) is 0 Å². The molecule has 5 atom stereocenters. The van der Waals surface area contributed by atoms with Crippen molar-refractivity contribution in [2.45, 2.75) is 69.1 Å². The second kappa shape index (κ2) is 5.32. The number of alkyl halides is 2. The van der Waals surface area contributed by atoms with E-state index in [0.29, 0.717) is 10.7 Å². The fourth-order valence-corrected chi connectivity index (χ4v) is 5.02. The molecule has 5 heteroatoms. The Hall–Kier alpha value is 0.550. The maximum absolute atomic E-state index is 12.0. The molecule has 20 heavy (non-hydrogen) atoms. The molecule has 1 saturated carbocycles. The van der Waals surface area contributed by atoms with Gasteiger partial charge in [0.15, 0.2) is 5.78 Å². The summed E-state index contributed by atoms with van der Waals surface area (Å²) in [6.45, 7) is 8.22. The van der Waals surface area contributed by atoms with Crippen LogP contribution < -0.4 is 0 Å². The fourth-order valence-electron chi connectivity index (χ4n) is 3.91. The lowest BCUT2D eigenvalue weighted by molar-refractivity contribution is -0.162. The summed E-state index contributed by atoms with van der Waals surface area (Å²) in [4.78, 5) is 12.4. The number of carbonyl (C=O) groups excluding carboxylic acids is 1. The van der Waals surface area contributed by atoms with Crippen LogP contribution in [0.25, 0.3) is 0 Å². The Bertz CT molecular complexity index is 408. The van der Waals surface area contributed by atoms with Gasteiger partial charge in [0.1, 0.15) is 5.60 Å². The van der Waals surface area contributed by atoms with Gasteiger partial charge in [0.2, 0.25) is 0 Å². The molecule has 116 valence electrons. The molecule has 1 aliphatic heterocycles. The van der Waals surface area contributed by atoms with Gasteiger partial charge in [0.05, 0.1) is 17.0 Å². The van der Waals surface area contributed by atoms with Crippen LogP contribution in [0.15, 0.2) is 0 Å². The Balaban J connectivity index is 2.27. The second-order valence-corrected chi connectivity index (χ2v) is 8.91. The van der Waals surface area contributed by atoms with E-state index in [-0.39, 0.29) is 22.1 Å². The van der Waals surface area contributed by atoms with Crippen LogP contribution in [-0.2, 0) is 9.53 Å². The lowest BCUT2D eigenvalue weighted by atomic mass is 9.61. The van der Waals surface area contributed by atoms with E-state index in [1.165, 1.54) is 0 Å². The van der Waals surface area contributed by atoms with Crippen LogP contribution in [-0.4, -0.2) is 38.4 Å². The summed E-state index contributed by atoms with van der Waals surface area (Å²) in [5.74, 6) is 0.130. The smallest absolute Gasteiger partial charge is 0.177 e. The lowest BCUT2D eigenvalue weighted by Gasteiger charge is -2.49. The Morgan fingerprint density at radius 2 is 2.05 bits per heavy atom. The molecule has 0 aromatic rings. The van der Waals surface area contributed by atoms with Crippen molar-refractivity contribution in [3.8, 4) is 0 Å². The Morgan fingerprint density at radius 3 is 2.60 bits per heavy atom. The normalized spacial score (nSPS) is 42.9. The minimum Gasteiger partial charge on any atom is -0.380 e. The number of aliphatic hydroxyl groups is 1. The van der Waals surface area contributed by atoms with Gasteiger partial charge < -0.3 is 9.84 Å². The van der Waals surface area contributed by atoms with Gasteiger partial charge in [0, 0.05) is 4.83 Å². The van der Waals surface area contributed by atoms with E-state index in [1.54, 1.807) is 6.92 Å². The summed E-state index contributed by atoms with van der Waals surface area (Å²) >= 11 is 6.94. The van der Waals surface area contributed by atoms with Crippen molar-refractivity contribution in [2.24, 2.45) is 11.3 Å². The van der Waals surface area contributed by atoms with Crippen LogP contribution >= 0.6 is 31.9 Å². The first-order valence-electron chi connectivity index (χ1n) is 7.19. The number of fused-ring (bicyclic) bond motifs is 1. The molecule has 2 aliphatic rings. The first kappa shape index (κ1) is 16.9. The van der Waals surface area contributed by atoms with E-state index in [2.05, 4.69) is 52.6 Å². The summed E-state index contributed by atoms with van der Waals surface area (Å²) < 4.78 is 6.21. The highest BCUT2D eigenvalue weighted by Gasteiger charge is 2.60. The molecule has 0 amide bonds. The van der Waals surface area contributed by atoms with Crippen molar-refractivity contribution in [3.05, 3.63) is 0 Å². The fraction of sp³-hybridized carbons (Fsp3) is 0.933. The summed E-state index contributed by atoms with van der Waals surface area (Å²) in [5.41, 5.74) is -1.56. The maximum Gasteiger partial charge on any atom is 0.177 e. The van der Waals surface area contributed by atoms with Crippen LogP contribution in [0.4, 0.5) is 0 Å². The van der Waals surface area contributed by atoms with Crippen molar-refractivity contribution in [3.63, 3.8) is 0 Å². The monoisotopic (exact) mass is 410 g/mol. The average molecular weight is 412 g/mol. The van der Waals surface area contributed by atoms with Crippen molar-refractivity contribution in [2.75, 3.05) is 5.33 Å². The van der Waals surface area contributed by atoms with Gasteiger partial charge >= 0.3 is 0 Å². The van der Waals surface area contributed by atoms with Gasteiger partial charge in [-0.05, 0) is 44.4 Å². The average Bonchev–Trinajstić information content (AvgIpc) is 2.74. The second-order valence-electron chi connectivity index (χ2n) is 7.24. The molecule has 1 heterocycles. The maximum atomic E-state index is 12.0. The highest BCUT2D eigenvalue weighted by molar-refractivity contribution is 9.09. The van der Waals surface area contributed by atoms with Crippen LogP contribution in [0.5, 0.6) is 0 Å². The SMILES string of the molecule is CC1(C)[C@@H](Br)CC[C@]2(C)O[C@@H]([C@](C)(O)C(=O)CBr)C[C@@H]12. The predicted molar refractivity (Wildman–Crippen MR) is 86.5 cm³/mol. The van der Waals surface area contributed by atoms with Gasteiger partial charge in [-0.15, -0.1) is 0 Å². The Morgan fingerprint density at radius 1 is 1.45 bits per heavy atom. The quantitative estimate of drug-likeness (QED) is 0.723. The molecule has 1 N–H and O–H groups in total. The van der Waals surface area contributed by atoms with E-state index >= 15 is 0 Å².